The van der Waals surface area contributed by atoms with Crippen molar-refractivity contribution in [2.24, 2.45) is 11.8 Å². The second kappa shape index (κ2) is 4.58. The molecule has 0 aromatic heterocycles. The third-order valence-corrected chi connectivity index (χ3v) is 2.33. The molecule has 0 aromatic rings. The van der Waals surface area contributed by atoms with Gasteiger partial charge in [-0.2, -0.15) is 0 Å². The zero-order chi connectivity index (χ0) is 8.97. The van der Waals surface area contributed by atoms with E-state index in [1.807, 2.05) is 14.0 Å². The number of carbonyl (C=O) groups is 1. The number of Topliss-reactive ketones (excluding diaryl/α,β-unsaturated/α-hetero) is 1. The van der Waals surface area contributed by atoms with Gasteiger partial charge in [0.2, 0.25) is 0 Å². The molecule has 1 N–H and O–H groups in total. The van der Waals surface area contributed by atoms with Gasteiger partial charge in [0.25, 0.3) is 0 Å². The molecule has 1 aliphatic rings. The number of nitrogens with one attached hydrogen (secondary N) is 1. The number of ether oxygens (including phenoxy) is 1. The van der Waals surface area contributed by atoms with E-state index in [-0.39, 0.29) is 11.8 Å². The summed E-state index contributed by atoms with van der Waals surface area (Å²) in [4.78, 5) is 11.6. The third-order valence-electron chi connectivity index (χ3n) is 2.33. The third kappa shape index (κ3) is 2.29. The molecule has 1 heterocycles. The van der Waals surface area contributed by atoms with Gasteiger partial charge in [0.1, 0.15) is 5.78 Å². The van der Waals surface area contributed by atoms with E-state index in [9.17, 15) is 4.79 Å². The summed E-state index contributed by atoms with van der Waals surface area (Å²) >= 11 is 0. The largest absolute Gasteiger partial charge is 0.381 e. The second-order valence-corrected chi connectivity index (χ2v) is 3.42. The molecule has 0 bridgehead atoms. The van der Waals surface area contributed by atoms with Gasteiger partial charge in [0, 0.05) is 25.0 Å². The lowest BCUT2D eigenvalue weighted by molar-refractivity contribution is -0.126. The Morgan fingerprint density at radius 3 is 3.00 bits per heavy atom. The molecule has 1 saturated heterocycles. The quantitative estimate of drug-likeness (QED) is 0.667. The van der Waals surface area contributed by atoms with Gasteiger partial charge < -0.3 is 10.1 Å². The van der Waals surface area contributed by atoms with Crippen LogP contribution in [-0.2, 0) is 9.53 Å². The predicted octanol–water partition coefficient (Wildman–Crippen LogP) is 0.447. The number of carbonyl (C=O) groups excluding carboxylic acids is 1. The first-order valence-electron chi connectivity index (χ1n) is 4.51. The molecular formula is C9H17NO2. The van der Waals surface area contributed by atoms with E-state index in [4.69, 9.17) is 4.74 Å². The summed E-state index contributed by atoms with van der Waals surface area (Å²) in [7, 11) is 1.87. The first-order chi connectivity index (χ1) is 5.75. The SMILES string of the molecule is CNCC(C)C(=O)C1CCOC1. The van der Waals surface area contributed by atoms with Crippen LogP contribution in [0.4, 0.5) is 0 Å². The van der Waals surface area contributed by atoms with Gasteiger partial charge in [-0.1, -0.05) is 6.92 Å². The molecule has 0 aliphatic carbocycles. The highest BCUT2D eigenvalue weighted by molar-refractivity contribution is 5.83. The monoisotopic (exact) mass is 171 g/mol. The first-order valence-corrected chi connectivity index (χ1v) is 4.51. The van der Waals surface area contributed by atoms with Crippen molar-refractivity contribution in [3.8, 4) is 0 Å². The van der Waals surface area contributed by atoms with Crippen molar-refractivity contribution < 1.29 is 9.53 Å². The Kier molecular flexibility index (Phi) is 3.69. The van der Waals surface area contributed by atoms with E-state index in [0.717, 1.165) is 19.6 Å². The van der Waals surface area contributed by atoms with E-state index < -0.39 is 0 Å². The summed E-state index contributed by atoms with van der Waals surface area (Å²) in [5.74, 6) is 0.636. The van der Waals surface area contributed by atoms with Crippen molar-refractivity contribution in [1.29, 1.82) is 0 Å². The average molecular weight is 171 g/mol. The van der Waals surface area contributed by atoms with Crippen LogP contribution in [0.15, 0.2) is 0 Å². The minimum atomic E-state index is 0.127. The lowest BCUT2D eigenvalue weighted by Gasteiger charge is -2.13. The van der Waals surface area contributed by atoms with Crippen molar-refractivity contribution in [2.45, 2.75) is 13.3 Å². The van der Waals surface area contributed by atoms with Crippen LogP contribution < -0.4 is 5.32 Å². The zero-order valence-corrected chi connectivity index (χ0v) is 7.80. The highest BCUT2D eigenvalue weighted by atomic mass is 16.5. The Balaban J connectivity index is 2.34. The van der Waals surface area contributed by atoms with Crippen molar-refractivity contribution in [3.63, 3.8) is 0 Å². The Morgan fingerprint density at radius 1 is 1.75 bits per heavy atom. The molecule has 0 amide bonds. The van der Waals surface area contributed by atoms with E-state index in [1.54, 1.807) is 0 Å². The fourth-order valence-electron chi connectivity index (χ4n) is 1.57. The van der Waals surface area contributed by atoms with Crippen LogP contribution in [0.2, 0.25) is 0 Å². The van der Waals surface area contributed by atoms with Gasteiger partial charge in [-0.25, -0.2) is 0 Å². The molecule has 2 unspecified atom stereocenters. The van der Waals surface area contributed by atoms with Gasteiger partial charge in [-0.15, -0.1) is 0 Å². The standard InChI is InChI=1S/C9H17NO2/c1-7(5-10-2)9(11)8-3-4-12-6-8/h7-8,10H,3-6H2,1-2H3. The molecule has 0 radical (unpaired) electrons. The molecule has 3 nitrogen and oxygen atoms in total. The van der Waals surface area contributed by atoms with Crippen LogP contribution in [0.5, 0.6) is 0 Å². The molecule has 0 saturated carbocycles. The zero-order valence-electron chi connectivity index (χ0n) is 7.80. The molecule has 70 valence electrons. The van der Waals surface area contributed by atoms with Crippen LogP contribution in [0.25, 0.3) is 0 Å². The summed E-state index contributed by atoms with van der Waals surface area (Å²) in [6.45, 7) is 4.13. The van der Waals surface area contributed by atoms with Gasteiger partial charge in [-0.05, 0) is 13.5 Å². The topological polar surface area (TPSA) is 38.3 Å². The number of ketones is 1. The minimum Gasteiger partial charge on any atom is -0.381 e. The molecular weight excluding hydrogens is 154 g/mol. The van der Waals surface area contributed by atoms with E-state index in [0.29, 0.717) is 12.4 Å². The van der Waals surface area contributed by atoms with E-state index in [1.165, 1.54) is 0 Å². The van der Waals surface area contributed by atoms with Crippen molar-refractivity contribution in [3.05, 3.63) is 0 Å². The summed E-state index contributed by atoms with van der Waals surface area (Å²) in [5, 5.41) is 3.01. The van der Waals surface area contributed by atoms with Crippen LogP contribution in [0.3, 0.4) is 0 Å². The Labute approximate surface area is 73.5 Å². The van der Waals surface area contributed by atoms with Gasteiger partial charge in [-0.3, -0.25) is 4.79 Å². The van der Waals surface area contributed by atoms with Crippen LogP contribution >= 0.6 is 0 Å². The van der Waals surface area contributed by atoms with Crippen LogP contribution in [0, 0.1) is 11.8 Å². The maximum atomic E-state index is 11.6. The smallest absolute Gasteiger partial charge is 0.142 e. The molecule has 0 spiro atoms. The molecule has 1 rings (SSSR count). The first kappa shape index (κ1) is 9.68. The minimum absolute atomic E-state index is 0.127. The summed E-state index contributed by atoms with van der Waals surface area (Å²) in [6.07, 6.45) is 0.910. The summed E-state index contributed by atoms with van der Waals surface area (Å²) in [6, 6.07) is 0. The average Bonchev–Trinajstić information content (AvgIpc) is 2.55. The Morgan fingerprint density at radius 2 is 2.50 bits per heavy atom. The van der Waals surface area contributed by atoms with Crippen molar-refractivity contribution in [2.75, 3.05) is 26.8 Å². The lowest BCUT2D eigenvalue weighted by Crippen LogP contribution is -2.29. The normalized spacial score (nSPS) is 25.7. The molecule has 1 fully saturated rings. The van der Waals surface area contributed by atoms with E-state index >= 15 is 0 Å². The summed E-state index contributed by atoms with van der Waals surface area (Å²) < 4.78 is 5.17. The molecule has 12 heavy (non-hydrogen) atoms. The number of hydrogen-bond acceptors (Lipinski definition) is 3. The van der Waals surface area contributed by atoms with E-state index in [2.05, 4.69) is 5.32 Å². The lowest BCUT2D eigenvalue weighted by atomic mass is 9.93. The summed E-state index contributed by atoms with van der Waals surface area (Å²) in [5.41, 5.74) is 0. The molecule has 1 aliphatic heterocycles. The number of rotatable bonds is 4. The maximum absolute atomic E-state index is 11.6. The Bertz CT molecular complexity index is 153. The molecule has 0 aromatic carbocycles. The highest BCUT2D eigenvalue weighted by Gasteiger charge is 2.26. The second-order valence-electron chi connectivity index (χ2n) is 3.42. The fraction of sp³-hybridized carbons (Fsp3) is 0.889. The van der Waals surface area contributed by atoms with Gasteiger partial charge in [0.05, 0.1) is 6.61 Å². The predicted molar refractivity (Wildman–Crippen MR) is 47.0 cm³/mol. The van der Waals surface area contributed by atoms with Crippen molar-refractivity contribution in [1.82, 2.24) is 5.32 Å². The van der Waals surface area contributed by atoms with Crippen LogP contribution in [0.1, 0.15) is 13.3 Å². The highest BCUT2D eigenvalue weighted by Crippen LogP contribution is 2.17. The molecule has 3 heteroatoms. The fourth-order valence-corrected chi connectivity index (χ4v) is 1.57. The number of hydrogen-bond donors (Lipinski definition) is 1. The Hall–Kier alpha value is -0.410. The van der Waals surface area contributed by atoms with Crippen molar-refractivity contribution >= 4 is 5.78 Å². The maximum Gasteiger partial charge on any atom is 0.142 e. The van der Waals surface area contributed by atoms with Crippen LogP contribution in [-0.4, -0.2) is 32.6 Å². The molecule has 2 atom stereocenters. The van der Waals surface area contributed by atoms with Gasteiger partial charge in [0.15, 0.2) is 0 Å². The van der Waals surface area contributed by atoms with Gasteiger partial charge >= 0.3 is 0 Å².